The number of imidazole rings is 1. The molecule has 100 valence electrons. The minimum atomic E-state index is -1.01. The fraction of sp³-hybridized carbons (Fsp3) is 0.462. The van der Waals surface area contributed by atoms with Gasteiger partial charge in [-0.3, -0.25) is 0 Å². The monoisotopic (exact) mass is 261 g/mol. The van der Waals surface area contributed by atoms with Crippen LogP contribution in [0.3, 0.4) is 0 Å². The molecular formula is C13H15N3O3. The van der Waals surface area contributed by atoms with E-state index in [1.165, 1.54) is 0 Å². The van der Waals surface area contributed by atoms with E-state index in [2.05, 4.69) is 9.97 Å². The zero-order valence-electron chi connectivity index (χ0n) is 10.5. The zero-order valence-corrected chi connectivity index (χ0v) is 10.5. The molecule has 2 aromatic rings. The highest BCUT2D eigenvalue weighted by atomic mass is 16.5. The van der Waals surface area contributed by atoms with Gasteiger partial charge in [0.2, 0.25) is 5.82 Å². The van der Waals surface area contributed by atoms with Crippen LogP contribution in [0.5, 0.6) is 0 Å². The third kappa shape index (κ3) is 2.31. The minimum absolute atomic E-state index is 0.0696. The van der Waals surface area contributed by atoms with Crippen molar-refractivity contribution in [3.05, 3.63) is 24.2 Å². The van der Waals surface area contributed by atoms with Gasteiger partial charge >= 0.3 is 5.97 Å². The summed E-state index contributed by atoms with van der Waals surface area (Å²) in [7, 11) is 0. The van der Waals surface area contributed by atoms with Gasteiger partial charge in [0.25, 0.3) is 0 Å². The molecule has 1 aliphatic heterocycles. The van der Waals surface area contributed by atoms with Gasteiger partial charge in [0.15, 0.2) is 5.65 Å². The van der Waals surface area contributed by atoms with Crippen LogP contribution in [0.25, 0.3) is 11.2 Å². The van der Waals surface area contributed by atoms with E-state index in [4.69, 9.17) is 4.74 Å². The molecule has 6 heteroatoms. The van der Waals surface area contributed by atoms with Crippen LogP contribution >= 0.6 is 0 Å². The maximum absolute atomic E-state index is 11.3. The summed E-state index contributed by atoms with van der Waals surface area (Å²) in [6, 6.07) is 3.55. The number of carbonyl (C=O) groups is 1. The minimum Gasteiger partial charge on any atom is -0.475 e. The molecule has 0 saturated carbocycles. The highest BCUT2D eigenvalue weighted by molar-refractivity contribution is 5.88. The molecule has 6 nitrogen and oxygen atoms in total. The molecule has 0 atom stereocenters. The van der Waals surface area contributed by atoms with Crippen LogP contribution < -0.4 is 0 Å². The molecule has 2 aromatic heterocycles. The Morgan fingerprint density at radius 3 is 3.00 bits per heavy atom. The molecule has 0 unspecified atom stereocenters. The molecule has 0 aromatic carbocycles. The topological polar surface area (TPSA) is 77.2 Å². The number of rotatable bonds is 3. The molecule has 0 radical (unpaired) electrons. The maximum Gasteiger partial charge on any atom is 0.372 e. The Hall–Kier alpha value is -1.95. The van der Waals surface area contributed by atoms with E-state index in [1.54, 1.807) is 22.9 Å². The SMILES string of the molecule is O=C(O)c1nc2cccnc2n1CC1CCOCC1. The first-order valence-electron chi connectivity index (χ1n) is 6.38. The van der Waals surface area contributed by atoms with E-state index in [0.29, 0.717) is 23.6 Å². The van der Waals surface area contributed by atoms with Crippen molar-refractivity contribution < 1.29 is 14.6 Å². The van der Waals surface area contributed by atoms with Crippen molar-refractivity contribution in [1.82, 2.24) is 14.5 Å². The van der Waals surface area contributed by atoms with Crippen LogP contribution in [0, 0.1) is 5.92 Å². The molecule has 0 amide bonds. The summed E-state index contributed by atoms with van der Waals surface area (Å²) < 4.78 is 7.04. The number of aromatic carboxylic acids is 1. The quantitative estimate of drug-likeness (QED) is 0.907. The van der Waals surface area contributed by atoms with Crippen molar-refractivity contribution in [2.75, 3.05) is 13.2 Å². The van der Waals surface area contributed by atoms with E-state index in [-0.39, 0.29) is 5.82 Å². The lowest BCUT2D eigenvalue weighted by atomic mass is 10.0. The van der Waals surface area contributed by atoms with Gasteiger partial charge in [0, 0.05) is 26.0 Å². The van der Waals surface area contributed by atoms with Crippen molar-refractivity contribution in [2.24, 2.45) is 5.92 Å². The Morgan fingerprint density at radius 2 is 2.26 bits per heavy atom. The summed E-state index contributed by atoms with van der Waals surface area (Å²) in [5, 5.41) is 9.26. The van der Waals surface area contributed by atoms with Crippen molar-refractivity contribution in [1.29, 1.82) is 0 Å². The van der Waals surface area contributed by atoms with E-state index in [9.17, 15) is 9.90 Å². The van der Waals surface area contributed by atoms with Gasteiger partial charge in [-0.15, -0.1) is 0 Å². The first-order chi connectivity index (χ1) is 9.25. The summed E-state index contributed by atoms with van der Waals surface area (Å²) in [5.74, 6) is -0.517. The molecule has 0 bridgehead atoms. The van der Waals surface area contributed by atoms with Gasteiger partial charge in [-0.25, -0.2) is 14.8 Å². The van der Waals surface area contributed by atoms with Gasteiger partial charge in [-0.05, 0) is 30.9 Å². The first kappa shape index (κ1) is 12.1. The maximum atomic E-state index is 11.3. The summed E-state index contributed by atoms with van der Waals surface area (Å²) >= 11 is 0. The van der Waals surface area contributed by atoms with Crippen LogP contribution in [0.1, 0.15) is 23.5 Å². The van der Waals surface area contributed by atoms with Crippen molar-refractivity contribution in [3.8, 4) is 0 Å². The average Bonchev–Trinajstić information content (AvgIpc) is 2.79. The number of aromatic nitrogens is 3. The Bertz CT molecular complexity index is 602. The lowest BCUT2D eigenvalue weighted by Crippen LogP contribution is -2.22. The van der Waals surface area contributed by atoms with Crippen LogP contribution in [-0.2, 0) is 11.3 Å². The van der Waals surface area contributed by atoms with Gasteiger partial charge < -0.3 is 14.4 Å². The molecule has 1 N–H and O–H groups in total. The van der Waals surface area contributed by atoms with Gasteiger partial charge in [-0.1, -0.05) is 0 Å². The molecule has 0 spiro atoms. The highest BCUT2D eigenvalue weighted by Crippen LogP contribution is 2.21. The zero-order chi connectivity index (χ0) is 13.2. The second-order valence-corrected chi connectivity index (χ2v) is 4.75. The van der Waals surface area contributed by atoms with Gasteiger partial charge in [-0.2, -0.15) is 0 Å². The number of carboxylic acid groups (broad SMARTS) is 1. The predicted octanol–water partition coefficient (Wildman–Crippen LogP) is 1.56. The lowest BCUT2D eigenvalue weighted by molar-refractivity contribution is 0.0593. The molecule has 3 heterocycles. The Labute approximate surface area is 110 Å². The van der Waals surface area contributed by atoms with Crippen molar-refractivity contribution >= 4 is 17.1 Å². The fourth-order valence-electron chi connectivity index (χ4n) is 2.48. The van der Waals surface area contributed by atoms with Gasteiger partial charge in [0.05, 0.1) is 0 Å². The number of fused-ring (bicyclic) bond motifs is 1. The summed E-state index contributed by atoms with van der Waals surface area (Å²) in [5.41, 5.74) is 1.28. The van der Waals surface area contributed by atoms with E-state index in [0.717, 1.165) is 26.1 Å². The smallest absolute Gasteiger partial charge is 0.372 e. The first-order valence-corrected chi connectivity index (χ1v) is 6.38. The average molecular weight is 261 g/mol. The Balaban J connectivity index is 1.99. The molecule has 1 aliphatic rings. The van der Waals surface area contributed by atoms with E-state index < -0.39 is 5.97 Å². The normalized spacial score (nSPS) is 16.8. The van der Waals surface area contributed by atoms with Crippen molar-refractivity contribution in [3.63, 3.8) is 0 Å². The number of pyridine rings is 1. The number of nitrogens with zero attached hydrogens (tertiary/aromatic N) is 3. The second kappa shape index (κ2) is 4.97. The van der Waals surface area contributed by atoms with Gasteiger partial charge in [0.1, 0.15) is 5.52 Å². The number of hydrogen-bond donors (Lipinski definition) is 1. The molecular weight excluding hydrogens is 246 g/mol. The number of carboxylic acids is 1. The molecule has 19 heavy (non-hydrogen) atoms. The Kier molecular flexibility index (Phi) is 3.16. The molecule has 3 rings (SSSR count). The van der Waals surface area contributed by atoms with E-state index in [1.807, 2.05) is 0 Å². The molecule has 1 saturated heterocycles. The van der Waals surface area contributed by atoms with Crippen molar-refractivity contribution in [2.45, 2.75) is 19.4 Å². The standard InChI is InChI=1S/C13H15N3O3/c17-13(18)12-15-10-2-1-5-14-11(10)16(12)8-9-3-6-19-7-4-9/h1-2,5,9H,3-4,6-8H2,(H,17,18). The highest BCUT2D eigenvalue weighted by Gasteiger charge is 2.21. The van der Waals surface area contributed by atoms with Crippen LogP contribution in [0.4, 0.5) is 0 Å². The van der Waals surface area contributed by atoms with Crippen LogP contribution in [0.15, 0.2) is 18.3 Å². The molecule has 0 aliphatic carbocycles. The predicted molar refractivity (Wildman–Crippen MR) is 68.0 cm³/mol. The Morgan fingerprint density at radius 1 is 1.47 bits per heavy atom. The summed E-state index contributed by atoms with van der Waals surface area (Å²) in [6.45, 7) is 2.12. The molecule has 1 fully saturated rings. The third-order valence-corrected chi connectivity index (χ3v) is 3.48. The summed E-state index contributed by atoms with van der Waals surface area (Å²) in [6.07, 6.45) is 3.56. The number of hydrogen-bond acceptors (Lipinski definition) is 4. The largest absolute Gasteiger partial charge is 0.475 e. The van der Waals surface area contributed by atoms with E-state index >= 15 is 0 Å². The summed E-state index contributed by atoms with van der Waals surface area (Å²) in [4.78, 5) is 19.7. The third-order valence-electron chi connectivity index (χ3n) is 3.48. The fourth-order valence-corrected chi connectivity index (χ4v) is 2.48. The van der Waals surface area contributed by atoms with Crippen LogP contribution in [-0.4, -0.2) is 38.8 Å². The van der Waals surface area contributed by atoms with Crippen LogP contribution in [0.2, 0.25) is 0 Å². The number of ether oxygens (including phenoxy) is 1. The second-order valence-electron chi connectivity index (χ2n) is 4.75. The lowest BCUT2D eigenvalue weighted by Gasteiger charge is -2.22.